The lowest BCUT2D eigenvalue weighted by atomic mass is 9.99. The summed E-state index contributed by atoms with van der Waals surface area (Å²) in [6, 6.07) is 3.75. The molecule has 1 amide bonds. The summed E-state index contributed by atoms with van der Waals surface area (Å²) in [6.45, 7) is 6.27. The summed E-state index contributed by atoms with van der Waals surface area (Å²) >= 11 is 0. The van der Waals surface area contributed by atoms with Gasteiger partial charge < -0.3 is 19.2 Å². The van der Waals surface area contributed by atoms with Gasteiger partial charge in [-0.15, -0.1) is 0 Å². The lowest BCUT2D eigenvalue weighted by Crippen LogP contribution is -2.47. The molecule has 1 aliphatic rings. The minimum Gasteiger partial charge on any atom is -0.464 e. The lowest BCUT2D eigenvalue weighted by Gasteiger charge is -2.36. The number of carbonyl (C=O) groups excluding carboxylic acids is 1. The highest BCUT2D eigenvalue weighted by Crippen LogP contribution is 2.24. The maximum Gasteiger partial charge on any atom is 0.410 e. The molecular weight excluding hydrogens is 270 g/mol. The number of amides is 1. The highest BCUT2D eigenvalue weighted by Gasteiger charge is 2.31. The van der Waals surface area contributed by atoms with E-state index in [1.54, 1.807) is 6.07 Å². The van der Waals surface area contributed by atoms with Crippen LogP contribution in [0.4, 0.5) is 4.79 Å². The van der Waals surface area contributed by atoms with Gasteiger partial charge >= 0.3 is 6.09 Å². The first-order valence-corrected chi connectivity index (χ1v) is 7.57. The monoisotopic (exact) mass is 295 g/mol. The van der Waals surface area contributed by atoms with E-state index in [4.69, 9.17) is 14.3 Å². The van der Waals surface area contributed by atoms with Crippen LogP contribution in [0.25, 0.3) is 0 Å². The van der Waals surface area contributed by atoms with Crippen LogP contribution in [-0.2, 0) is 17.8 Å². The molecule has 5 nitrogen and oxygen atoms in total. The maximum atomic E-state index is 12.3. The van der Waals surface area contributed by atoms with Gasteiger partial charge in [-0.1, -0.05) is 0 Å². The molecule has 1 fully saturated rings. The van der Waals surface area contributed by atoms with Gasteiger partial charge in [0.05, 0.1) is 0 Å². The average molecular weight is 295 g/mol. The van der Waals surface area contributed by atoms with Gasteiger partial charge in [0.1, 0.15) is 23.7 Å². The van der Waals surface area contributed by atoms with Gasteiger partial charge in [0, 0.05) is 19.0 Å². The normalized spacial score (nSPS) is 19.6. The van der Waals surface area contributed by atoms with Crippen molar-refractivity contribution in [2.75, 3.05) is 6.54 Å². The second-order valence-electron chi connectivity index (χ2n) is 6.55. The molecule has 2 rings (SSSR count). The van der Waals surface area contributed by atoms with Gasteiger partial charge in [0.2, 0.25) is 0 Å². The first-order valence-electron chi connectivity index (χ1n) is 7.57. The summed E-state index contributed by atoms with van der Waals surface area (Å²) < 4.78 is 11.0. The smallest absolute Gasteiger partial charge is 0.410 e. The van der Waals surface area contributed by atoms with Crippen molar-refractivity contribution in [1.82, 2.24) is 4.90 Å². The van der Waals surface area contributed by atoms with E-state index in [-0.39, 0.29) is 18.7 Å². The van der Waals surface area contributed by atoms with E-state index in [2.05, 4.69) is 0 Å². The largest absolute Gasteiger partial charge is 0.464 e. The molecule has 0 aliphatic carbocycles. The van der Waals surface area contributed by atoms with E-state index < -0.39 is 5.60 Å². The van der Waals surface area contributed by atoms with E-state index in [1.165, 1.54) is 0 Å². The number of likely N-dealkylation sites (tertiary alicyclic amines) is 1. The number of furan rings is 1. The molecule has 21 heavy (non-hydrogen) atoms. The van der Waals surface area contributed by atoms with Crippen LogP contribution in [-0.4, -0.2) is 34.3 Å². The Balaban J connectivity index is 2.02. The van der Waals surface area contributed by atoms with Gasteiger partial charge in [-0.25, -0.2) is 4.79 Å². The van der Waals surface area contributed by atoms with Crippen molar-refractivity contribution < 1.29 is 19.1 Å². The molecule has 0 saturated carbocycles. The van der Waals surface area contributed by atoms with Gasteiger partial charge in [0.25, 0.3) is 0 Å². The van der Waals surface area contributed by atoms with Crippen molar-refractivity contribution in [2.24, 2.45) is 0 Å². The number of hydrogen-bond donors (Lipinski definition) is 1. The molecule has 0 aromatic carbocycles. The minimum absolute atomic E-state index is 0.0968. The second-order valence-corrected chi connectivity index (χ2v) is 6.55. The Labute approximate surface area is 125 Å². The minimum atomic E-state index is -0.478. The molecule has 2 heterocycles. The third kappa shape index (κ3) is 4.49. The Kier molecular flexibility index (Phi) is 4.93. The highest BCUT2D eigenvalue weighted by molar-refractivity contribution is 5.68. The molecule has 0 bridgehead atoms. The van der Waals surface area contributed by atoms with Crippen LogP contribution in [0.2, 0.25) is 0 Å². The van der Waals surface area contributed by atoms with Crippen LogP contribution in [0.5, 0.6) is 0 Å². The fourth-order valence-corrected chi connectivity index (χ4v) is 2.62. The predicted molar refractivity (Wildman–Crippen MR) is 78.9 cm³/mol. The summed E-state index contributed by atoms with van der Waals surface area (Å²) in [6.07, 6.45) is 3.49. The standard InChI is InChI=1S/C16H25NO4/c1-16(2,3)21-15(19)17-9-5-4-6-12(17)10-13-7-8-14(11-18)20-13/h7-8,12,18H,4-6,9-11H2,1-3H3. The molecule has 1 aromatic heterocycles. The quantitative estimate of drug-likeness (QED) is 0.930. The molecular formula is C16H25NO4. The number of rotatable bonds is 3. The fraction of sp³-hybridized carbons (Fsp3) is 0.688. The van der Waals surface area contributed by atoms with E-state index in [9.17, 15) is 4.79 Å². The third-order valence-electron chi connectivity index (χ3n) is 3.57. The van der Waals surface area contributed by atoms with Crippen LogP contribution in [0.1, 0.15) is 51.6 Å². The molecule has 1 saturated heterocycles. The lowest BCUT2D eigenvalue weighted by molar-refractivity contribution is 0.00938. The number of aliphatic hydroxyl groups is 1. The van der Waals surface area contributed by atoms with Gasteiger partial charge in [-0.3, -0.25) is 0 Å². The Bertz CT molecular complexity index is 475. The molecule has 118 valence electrons. The van der Waals surface area contributed by atoms with E-state index in [0.29, 0.717) is 12.2 Å². The number of hydrogen-bond acceptors (Lipinski definition) is 4. The van der Waals surface area contributed by atoms with E-state index >= 15 is 0 Å². The van der Waals surface area contributed by atoms with Crippen molar-refractivity contribution in [1.29, 1.82) is 0 Å². The second kappa shape index (κ2) is 6.52. The van der Waals surface area contributed by atoms with Crippen LogP contribution in [0.15, 0.2) is 16.5 Å². The van der Waals surface area contributed by atoms with Crippen LogP contribution in [0.3, 0.4) is 0 Å². The Morgan fingerprint density at radius 3 is 2.71 bits per heavy atom. The summed E-state index contributed by atoms with van der Waals surface area (Å²) in [5.41, 5.74) is -0.478. The van der Waals surface area contributed by atoms with Crippen molar-refractivity contribution in [2.45, 2.75) is 64.7 Å². The number of carbonyl (C=O) groups is 1. The number of nitrogens with zero attached hydrogens (tertiary/aromatic N) is 1. The average Bonchev–Trinajstić information content (AvgIpc) is 2.85. The van der Waals surface area contributed by atoms with Crippen molar-refractivity contribution in [3.05, 3.63) is 23.7 Å². The summed E-state index contributed by atoms with van der Waals surface area (Å²) in [5, 5.41) is 9.05. The van der Waals surface area contributed by atoms with Gasteiger partial charge in [0.15, 0.2) is 0 Å². The SMILES string of the molecule is CC(C)(C)OC(=O)N1CCCCC1Cc1ccc(CO)o1. The number of piperidine rings is 1. The Morgan fingerprint density at radius 2 is 2.10 bits per heavy atom. The van der Waals surface area contributed by atoms with Crippen molar-refractivity contribution in [3.8, 4) is 0 Å². The first kappa shape index (κ1) is 15.9. The van der Waals surface area contributed by atoms with E-state index in [0.717, 1.165) is 31.6 Å². The molecule has 1 unspecified atom stereocenters. The number of ether oxygens (including phenoxy) is 1. The molecule has 5 heteroatoms. The van der Waals surface area contributed by atoms with E-state index in [1.807, 2.05) is 31.7 Å². The van der Waals surface area contributed by atoms with Crippen LogP contribution < -0.4 is 0 Å². The van der Waals surface area contributed by atoms with Crippen LogP contribution >= 0.6 is 0 Å². The molecule has 0 spiro atoms. The molecule has 1 aromatic rings. The Hall–Kier alpha value is -1.49. The van der Waals surface area contributed by atoms with Crippen molar-refractivity contribution >= 4 is 6.09 Å². The predicted octanol–water partition coefficient (Wildman–Crippen LogP) is 3.10. The van der Waals surface area contributed by atoms with Gasteiger partial charge in [-0.05, 0) is 52.2 Å². The zero-order chi connectivity index (χ0) is 15.5. The van der Waals surface area contributed by atoms with Crippen molar-refractivity contribution in [3.63, 3.8) is 0 Å². The zero-order valence-corrected chi connectivity index (χ0v) is 13.1. The molecule has 1 N–H and O–H groups in total. The first-order chi connectivity index (χ1) is 9.89. The fourth-order valence-electron chi connectivity index (χ4n) is 2.62. The molecule has 1 atom stereocenters. The van der Waals surface area contributed by atoms with Gasteiger partial charge in [-0.2, -0.15) is 0 Å². The maximum absolute atomic E-state index is 12.3. The molecule has 1 aliphatic heterocycles. The molecule has 0 radical (unpaired) electrons. The van der Waals surface area contributed by atoms with Crippen LogP contribution in [0, 0.1) is 0 Å². The third-order valence-corrected chi connectivity index (χ3v) is 3.57. The summed E-state index contributed by atoms with van der Waals surface area (Å²) in [4.78, 5) is 14.1. The summed E-state index contributed by atoms with van der Waals surface area (Å²) in [7, 11) is 0. The summed E-state index contributed by atoms with van der Waals surface area (Å²) in [5.74, 6) is 1.36. The zero-order valence-electron chi connectivity index (χ0n) is 13.1. The Morgan fingerprint density at radius 1 is 1.38 bits per heavy atom. The topological polar surface area (TPSA) is 62.9 Å². The number of aliphatic hydroxyl groups excluding tert-OH is 1. The highest BCUT2D eigenvalue weighted by atomic mass is 16.6.